The lowest BCUT2D eigenvalue weighted by molar-refractivity contribution is -0.136. The third kappa shape index (κ3) is 7.36. The van der Waals surface area contributed by atoms with Gasteiger partial charge in [-0.15, -0.1) is 0 Å². The van der Waals surface area contributed by atoms with Crippen molar-refractivity contribution < 1.29 is 38.1 Å². The van der Waals surface area contributed by atoms with E-state index in [-0.39, 0.29) is 42.3 Å². The Balaban J connectivity index is 0.618. The summed E-state index contributed by atoms with van der Waals surface area (Å²) in [6.07, 6.45) is 9.52. The van der Waals surface area contributed by atoms with Gasteiger partial charge in [-0.3, -0.25) is 34.4 Å². The molecule has 57 heavy (non-hydrogen) atoms. The molecule has 14 nitrogen and oxygen atoms in total. The van der Waals surface area contributed by atoms with Crippen molar-refractivity contribution in [2.45, 2.75) is 62.9 Å². The molecule has 1 aliphatic carbocycles. The molecule has 9 rings (SSSR count). The largest absolute Gasteiger partial charge is 0.474 e. The Hall–Kier alpha value is -5.70. The van der Waals surface area contributed by atoms with Crippen LogP contribution in [0.25, 0.3) is 32.9 Å². The second kappa shape index (κ2) is 15.7. The van der Waals surface area contributed by atoms with E-state index in [4.69, 9.17) is 18.9 Å². The Morgan fingerprint density at radius 2 is 1.53 bits per heavy atom. The quantitative estimate of drug-likeness (QED) is 0.115. The number of carbonyl (C=O) groups is 4. The van der Waals surface area contributed by atoms with Gasteiger partial charge >= 0.3 is 0 Å². The van der Waals surface area contributed by atoms with Crippen LogP contribution in [-0.4, -0.2) is 107 Å². The Labute approximate surface area is 329 Å². The average molecular weight is 773 g/mol. The summed E-state index contributed by atoms with van der Waals surface area (Å²) in [5, 5.41) is 4.56. The number of ether oxygens (including phenoxy) is 4. The van der Waals surface area contributed by atoms with Crippen LogP contribution in [0.1, 0.15) is 59.2 Å². The van der Waals surface area contributed by atoms with Crippen LogP contribution < -0.4 is 15.0 Å². The number of nitrogens with zero attached hydrogens (tertiary/aromatic N) is 5. The molecule has 3 aromatic heterocycles. The number of aryl methyl sites for hydroxylation is 1. The van der Waals surface area contributed by atoms with E-state index in [1.54, 1.807) is 12.1 Å². The number of carbonyl (C=O) groups excluding carboxylic acids is 4. The summed E-state index contributed by atoms with van der Waals surface area (Å²) in [5.41, 5.74) is 5.85. The van der Waals surface area contributed by atoms with E-state index in [1.807, 2.05) is 36.8 Å². The molecular weight excluding hydrogens is 729 g/mol. The summed E-state index contributed by atoms with van der Waals surface area (Å²) < 4.78 is 26.1. The Morgan fingerprint density at radius 3 is 2.30 bits per heavy atom. The number of rotatable bonds is 15. The van der Waals surface area contributed by atoms with Crippen molar-refractivity contribution in [3.63, 3.8) is 0 Å². The predicted octanol–water partition coefficient (Wildman–Crippen LogP) is 4.82. The summed E-state index contributed by atoms with van der Waals surface area (Å²) in [6, 6.07) is 16.7. The summed E-state index contributed by atoms with van der Waals surface area (Å²) in [5.74, 6) is -1.39. The molecule has 0 bridgehead atoms. The highest BCUT2D eigenvalue weighted by Crippen LogP contribution is 2.34. The number of nitrogens with one attached hydrogen (secondary N) is 1. The number of fused-ring (bicyclic) bond motifs is 4. The Kier molecular flexibility index (Phi) is 10.2. The lowest BCUT2D eigenvalue weighted by atomic mass is 9.92. The number of hydrogen-bond donors (Lipinski definition) is 1. The van der Waals surface area contributed by atoms with Crippen molar-refractivity contribution in [3.05, 3.63) is 84.3 Å². The van der Waals surface area contributed by atoms with E-state index in [0.717, 1.165) is 63.8 Å². The first kappa shape index (κ1) is 36.9. The van der Waals surface area contributed by atoms with Crippen LogP contribution >= 0.6 is 0 Å². The van der Waals surface area contributed by atoms with Crippen LogP contribution in [0, 0.1) is 0 Å². The molecule has 14 heteroatoms. The number of piperidine rings is 1. The van der Waals surface area contributed by atoms with Crippen LogP contribution in [-0.2, 0) is 30.8 Å². The van der Waals surface area contributed by atoms with Gasteiger partial charge in [0, 0.05) is 118 Å². The summed E-state index contributed by atoms with van der Waals surface area (Å²) in [4.78, 5) is 61.9. The number of amides is 4. The van der Waals surface area contributed by atoms with Crippen molar-refractivity contribution in [1.82, 2.24) is 24.8 Å². The first-order valence-corrected chi connectivity index (χ1v) is 19.7. The first-order chi connectivity index (χ1) is 27.8. The smallest absolute Gasteiger partial charge is 0.262 e. The molecule has 1 unspecified atom stereocenters. The fourth-order valence-electron chi connectivity index (χ4n) is 8.11. The van der Waals surface area contributed by atoms with E-state index in [1.165, 1.54) is 5.39 Å². The second-order valence-corrected chi connectivity index (χ2v) is 15.2. The Bertz CT molecular complexity index is 2350. The van der Waals surface area contributed by atoms with Crippen molar-refractivity contribution in [3.8, 4) is 17.0 Å². The van der Waals surface area contributed by atoms with Gasteiger partial charge in [0.2, 0.25) is 17.7 Å². The summed E-state index contributed by atoms with van der Waals surface area (Å²) in [6.45, 7) is 3.83. The van der Waals surface area contributed by atoms with E-state index < -0.39 is 29.7 Å². The lowest BCUT2D eigenvalue weighted by Crippen LogP contribution is -2.54. The summed E-state index contributed by atoms with van der Waals surface area (Å²) in [7, 11) is 2.08. The number of hydrogen-bond acceptors (Lipinski definition) is 11. The maximum absolute atomic E-state index is 13.1. The zero-order valence-corrected chi connectivity index (χ0v) is 31.7. The maximum atomic E-state index is 13.1. The van der Waals surface area contributed by atoms with Gasteiger partial charge in [-0.05, 0) is 61.2 Å². The zero-order chi connectivity index (χ0) is 39.0. The molecule has 4 aliphatic rings. The molecule has 6 heterocycles. The maximum Gasteiger partial charge on any atom is 0.262 e. The van der Waals surface area contributed by atoms with Crippen LogP contribution in [0.4, 0.5) is 5.69 Å². The number of benzene rings is 2. The van der Waals surface area contributed by atoms with Crippen LogP contribution in [0.2, 0.25) is 0 Å². The highest BCUT2D eigenvalue weighted by Gasteiger charge is 2.45. The summed E-state index contributed by atoms with van der Waals surface area (Å²) >= 11 is 0. The zero-order valence-electron chi connectivity index (χ0n) is 31.7. The van der Waals surface area contributed by atoms with Crippen LogP contribution in [0.15, 0.2) is 73.2 Å². The minimum absolute atomic E-state index is 0.0736. The highest BCUT2D eigenvalue weighted by atomic mass is 16.5. The van der Waals surface area contributed by atoms with Crippen LogP contribution in [0.5, 0.6) is 5.88 Å². The molecule has 1 saturated carbocycles. The fraction of sp³-hybridized carbons (Fsp3) is 0.395. The van der Waals surface area contributed by atoms with Crippen molar-refractivity contribution >= 4 is 51.1 Å². The van der Waals surface area contributed by atoms with Gasteiger partial charge < -0.3 is 28.4 Å². The molecule has 4 amide bonds. The van der Waals surface area contributed by atoms with E-state index in [0.29, 0.717) is 45.4 Å². The van der Waals surface area contributed by atoms with Crippen molar-refractivity contribution in [2.75, 3.05) is 44.4 Å². The van der Waals surface area contributed by atoms with Gasteiger partial charge in [0.1, 0.15) is 12.1 Å². The molecule has 3 aliphatic heterocycles. The molecule has 2 saturated heterocycles. The van der Waals surface area contributed by atoms with Gasteiger partial charge in [0.15, 0.2) is 0 Å². The molecule has 3 fully saturated rings. The number of aromatic nitrogens is 3. The third-order valence-corrected chi connectivity index (χ3v) is 11.4. The van der Waals surface area contributed by atoms with E-state index in [9.17, 15) is 19.2 Å². The van der Waals surface area contributed by atoms with Crippen molar-refractivity contribution in [1.29, 1.82) is 0 Å². The minimum atomic E-state index is -0.974. The normalized spacial score (nSPS) is 20.9. The molecule has 5 aromatic rings. The van der Waals surface area contributed by atoms with Gasteiger partial charge in [-0.2, -0.15) is 0 Å². The number of pyridine rings is 2. The van der Waals surface area contributed by atoms with Gasteiger partial charge in [-0.1, -0.05) is 12.1 Å². The molecule has 2 aromatic carbocycles. The molecule has 1 atom stereocenters. The monoisotopic (exact) mass is 772 g/mol. The fourth-order valence-corrected chi connectivity index (χ4v) is 8.11. The van der Waals surface area contributed by atoms with Crippen molar-refractivity contribution in [2.24, 2.45) is 7.05 Å². The highest BCUT2D eigenvalue weighted by molar-refractivity contribution is 6.23. The third-order valence-electron chi connectivity index (χ3n) is 11.4. The van der Waals surface area contributed by atoms with E-state index >= 15 is 0 Å². The molecular formula is C43H44N6O8. The SMILES string of the molecule is Cn1c2ccncc2c2ccc(-c3ccc(OC4CC(OCCCOCCCOC5CN(c6ccc7c(c6)C(=O)N(C6CCC(=O)NC6=O)C7=O)C5)C4)nc3)cc21. The number of anilines is 1. The number of imide groups is 2. The second-order valence-electron chi connectivity index (χ2n) is 15.2. The predicted molar refractivity (Wildman–Crippen MR) is 210 cm³/mol. The average Bonchev–Trinajstić information content (AvgIpc) is 3.61. The standard InChI is InChI=1S/C43H44N6O8/c1-47-36-12-13-44-23-35(36)32-7-4-26(18-38(32)47)27-5-11-40(45-22-27)57-30-20-29(21-30)55-16-2-14-54-15-3-17-56-31-24-48(25-31)28-6-8-33-34(19-28)43(53)49(42(33)52)37-9-10-39(50)46-41(37)51/h4-8,11-13,18-19,22-23,29-31,37H,2-3,9-10,14-17,20-21,24-25H2,1H3,(H,46,50,51). The first-order valence-electron chi connectivity index (χ1n) is 19.7. The topological polar surface area (TPSA) is 154 Å². The molecule has 1 N–H and O–H groups in total. The van der Waals surface area contributed by atoms with Gasteiger partial charge in [-0.25, -0.2) is 4.98 Å². The van der Waals surface area contributed by atoms with Gasteiger partial charge in [0.25, 0.3) is 11.8 Å². The van der Waals surface area contributed by atoms with E-state index in [2.05, 4.69) is 56.1 Å². The van der Waals surface area contributed by atoms with Gasteiger partial charge in [0.05, 0.1) is 28.9 Å². The Morgan fingerprint density at radius 1 is 0.754 bits per heavy atom. The molecule has 0 radical (unpaired) electrons. The molecule has 294 valence electrons. The molecule has 0 spiro atoms. The van der Waals surface area contributed by atoms with Crippen LogP contribution in [0.3, 0.4) is 0 Å². The lowest BCUT2D eigenvalue weighted by Gasteiger charge is -2.40. The minimum Gasteiger partial charge on any atom is -0.474 e.